The van der Waals surface area contributed by atoms with Crippen molar-refractivity contribution in [1.29, 1.82) is 0 Å². The number of aromatic nitrogens is 3. The highest BCUT2D eigenvalue weighted by molar-refractivity contribution is 6.30. The Balaban J connectivity index is 1.30. The molecule has 1 aromatic heterocycles. The third-order valence-corrected chi connectivity index (χ3v) is 7.25. The Morgan fingerprint density at radius 2 is 1.61 bits per heavy atom. The summed E-state index contributed by atoms with van der Waals surface area (Å²) < 4.78 is 8.38. The summed E-state index contributed by atoms with van der Waals surface area (Å²) in [5, 5.41) is 10.3. The van der Waals surface area contributed by atoms with Gasteiger partial charge in [-0.2, -0.15) is 0 Å². The van der Waals surface area contributed by atoms with Gasteiger partial charge in [0.1, 0.15) is 18.2 Å². The van der Waals surface area contributed by atoms with Gasteiger partial charge in [-0.1, -0.05) is 60.5 Å². The summed E-state index contributed by atoms with van der Waals surface area (Å²) in [5.74, 6) is 2.93. The molecule has 0 aliphatic heterocycles. The van der Waals surface area contributed by atoms with E-state index in [1.165, 1.54) is 24.8 Å². The number of hydrogen-bond donors (Lipinski definition) is 0. The predicted octanol–water partition coefficient (Wildman–Crippen LogP) is 6.98. The van der Waals surface area contributed by atoms with E-state index in [4.69, 9.17) is 26.5 Å². The number of rotatable bonds is 7. The molecule has 6 rings (SSSR count). The fourth-order valence-corrected chi connectivity index (χ4v) is 5.00. The number of hydrogen-bond acceptors (Lipinski definition) is 3. The van der Waals surface area contributed by atoms with E-state index in [-0.39, 0.29) is 5.41 Å². The molecular formula is C28H26ClN3O. The molecule has 0 radical (unpaired) electrons. The van der Waals surface area contributed by atoms with Crippen molar-refractivity contribution in [3.8, 4) is 17.1 Å². The first kappa shape index (κ1) is 20.5. The van der Waals surface area contributed by atoms with Crippen LogP contribution in [-0.4, -0.2) is 14.8 Å². The molecular weight excluding hydrogens is 430 g/mol. The molecule has 0 N–H and O–H groups in total. The van der Waals surface area contributed by atoms with Crippen molar-refractivity contribution in [3.63, 3.8) is 0 Å². The number of ether oxygens (including phenoxy) is 1. The third kappa shape index (κ3) is 3.83. The lowest BCUT2D eigenvalue weighted by Crippen LogP contribution is -2.38. The van der Waals surface area contributed by atoms with Gasteiger partial charge in [0.2, 0.25) is 0 Å². The Morgan fingerprint density at radius 1 is 0.879 bits per heavy atom. The van der Waals surface area contributed by atoms with Gasteiger partial charge >= 0.3 is 0 Å². The van der Waals surface area contributed by atoms with Gasteiger partial charge < -0.3 is 9.30 Å². The smallest absolute Gasteiger partial charge is 0.164 e. The van der Waals surface area contributed by atoms with Crippen LogP contribution in [0.2, 0.25) is 5.02 Å². The average molecular weight is 456 g/mol. The molecule has 0 amide bonds. The first-order valence-corrected chi connectivity index (χ1v) is 12.1. The second-order valence-electron chi connectivity index (χ2n) is 9.19. The van der Waals surface area contributed by atoms with E-state index < -0.39 is 0 Å². The van der Waals surface area contributed by atoms with E-state index in [1.807, 2.05) is 42.5 Å². The Hall–Kier alpha value is -3.11. The van der Waals surface area contributed by atoms with Crippen LogP contribution in [-0.2, 0) is 12.0 Å². The lowest BCUT2D eigenvalue weighted by molar-refractivity contribution is 0.275. The molecule has 0 saturated heterocycles. The molecule has 4 nitrogen and oxygen atoms in total. The summed E-state index contributed by atoms with van der Waals surface area (Å²) in [6, 6.07) is 27.3. The first-order valence-electron chi connectivity index (χ1n) is 11.7. The highest BCUT2D eigenvalue weighted by atomic mass is 35.5. The van der Waals surface area contributed by atoms with Crippen LogP contribution >= 0.6 is 11.6 Å². The molecule has 3 aromatic carbocycles. The van der Waals surface area contributed by atoms with Crippen LogP contribution in [0.3, 0.4) is 0 Å². The van der Waals surface area contributed by atoms with Gasteiger partial charge in [-0.05, 0) is 73.2 Å². The van der Waals surface area contributed by atoms with Crippen LogP contribution in [0.25, 0.3) is 11.4 Å². The molecule has 2 aliphatic rings. The summed E-state index contributed by atoms with van der Waals surface area (Å²) >= 11 is 6.17. The van der Waals surface area contributed by atoms with Gasteiger partial charge in [0.25, 0.3) is 0 Å². The standard InChI is InChI=1S/C28H26ClN3O/c29-23-11-9-22(10-12-23)28(17-4-18-28)27-31-30-26(32(27)24-13-14-24)21-7-15-25(16-8-21)33-19-20-5-2-1-3-6-20/h1-3,5-12,15-16,24H,4,13-14,17-19H2. The Morgan fingerprint density at radius 3 is 2.24 bits per heavy atom. The maximum Gasteiger partial charge on any atom is 0.164 e. The van der Waals surface area contributed by atoms with Gasteiger partial charge in [0.05, 0.1) is 5.41 Å². The van der Waals surface area contributed by atoms with Gasteiger partial charge in [-0.25, -0.2) is 0 Å². The maximum atomic E-state index is 6.17. The molecule has 2 fully saturated rings. The Labute approximate surface area is 199 Å². The van der Waals surface area contributed by atoms with Gasteiger partial charge in [0.15, 0.2) is 5.82 Å². The summed E-state index contributed by atoms with van der Waals surface area (Å²) in [7, 11) is 0. The zero-order chi connectivity index (χ0) is 22.3. The minimum atomic E-state index is -0.0584. The van der Waals surface area contributed by atoms with Crippen molar-refractivity contribution in [2.45, 2.75) is 50.2 Å². The van der Waals surface area contributed by atoms with E-state index in [0.29, 0.717) is 12.6 Å². The molecule has 166 valence electrons. The predicted molar refractivity (Wildman–Crippen MR) is 131 cm³/mol. The fourth-order valence-electron chi connectivity index (χ4n) is 4.87. The van der Waals surface area contributed by atoms with Gasteiger partial charge in [0, 0.05) is 16.6 Å². The highest BCUT2D eigenvalue weighted by Crippen LogP contribution is 2.51. The minimum Gasteiger partial charge on any atom is -0.489 e. The van der Waals surface area contributed by atoms with Crippen LogP contribution in [0.4, 0.5) is 0 Å². The summed E-state index contributed by atoms with van der Waals surface area (Å²) in [4.78, 5) is 0. The second kappa shape index (κ2) is 8.35. The van der Waals surface area contributed by atoms with Crippen LogP contribution < -0.4 is 4.74 Å². The highest BCUT2D eigenvalue weighted by Gasteiger charge is 2.47. The molecule has 2 saturated carbocycles. The molecule has 0 unspecified atom stereocenters. The van der Waals surface area contributed by atoms with Gasteiger partial charge in [-0.3, -0.25) is 0 Å². The van der Waals surface area contributed by atoms with Crippen molar-refractivity contribution < 1.29 is 4.74 Å². The van der Waals surface area contributed by atoms with Crippen molar-refractivity contribution in [3.05, 3.63) is 101 Å². The van der Waals surface area contributed by atoms with E-state index in [1.54, 1.807) is 0 Å². The van der Waals surface area contributed by atoms with Crippen molar-refractivity contribution >= 4 is 11.6 Å². The third-order valence-electron chi connectivity index (χ3n) is 7.00. The quantitative estimate of drug-likeness (QED) is 0.301. The molecule has 5 heteroatoms. The SMILES string of the molecule is Clc1ccc(C2(c3nnc(-c4ccc(OCc5ccccc5)cc4)n3C3CC3)CCC2)cc1. The zero-order valence-electron chi connectivity index (χ0n) is 18.5. The summed E-state index contributed by atoms with van der Waals surface area (Å²) in [6.07, 6.45) is 5.79. The van der Waals surface area contributed by atoms with E-state index in [9.17, 15) is 0 Å². The first-order chi connectivity index (χ1) is 16.2. The fraction of sp³-hybridized carbons (Fsp3) is 0.286. The second-order valence-corrected chi connectivity index (χ2v) is 9.63. The Bertz CT molecular complexity index is 1240. The van der Waals surface area contributed by atoms with Crippen LogP contribution in [0, 0.1) is 0 Å². The summed E-state index contributed by atoms with van der Waals surface area (Å²) in [5.41, 5.74) is 3.48. The number of halogens is 1. The monoisotopic (exact) mass is 455 g/mol. The molecule has 0 atom stereocenters. The average Bonchev–Trinajstić information content (AvgIpc) is 3.58. The van der Waals surface area contributed by atoms with Crippen molar-refractivity contribution in [1.82, 2.24) is 14.8 Å². The number of benzene rings is 3. The van der Waals surface area contributed by atoms with Crippen molar-refractivity contribution in [2.24, 2.45) is 0 Å². The molecule has 33 heavy (non-hydrogen) atoms. The van der Waals surface area contributed by atoms with E-state index in [2.05, 4.69) is 41.0 Å². The minimum absolute atomic E-state index is 0.0584. The van der Waals surface area contributed by atoms with E-state index >= 15 is 0 Å². The molecule has 1 heterocycles. The van der Waals surface area contributed by atoms with Crippen LogP contribution in [0.1, 0.15) is 55.1 Å². The maximum absolute atomic E-state index is 6.17. The Kier molecular flexibility index (Phi) is 5.18. The van der Waals surface area contributed by atoms with Gasteiger partial charge in [-0.15, -0.1) is 10.2 Å². The number of nitrogens with zero attached hydrogens (tertiary/aromatic N) is 3. The molecule has 4 aromatic rings. The molecule has 0 spiro atoms. The van der Waals surface area contributed by atoms with Crippen LogP contribution in [0.5, 0.6) is 5.75 Å². The largest absolute Gasteiger partial charge is 0.489 e. The summed E-state index contributed by atoms with van der Waals surface area (Å²) in [6.45, 7) is 0.562. The lowest BCUT2D eigenvalue weighted by Gasteiger charge is -2.41. The normalized spacial score (nSPS) is 16.9. The van der Waals surface area contributed by atoms with Crippen LogP contribution in [0.15, 0.2) is 78.9 Å². The van der Waals surface area contributed by atoms with E-state index in [0.717, 1.165) is 46.4 Å². The molecule has 0 bridgehead atoms. The zero-order valence-corrected chi connectivity index (χ0v) is 19.2. The van der Waals surface area contributed by atoms with Crippen molar-refractivity contribution in [2.75, 3.05) is 0 Å². The molecule has 2 aliphatic carbocycles. The topological polar surface area (TPSA) is 39.9 Å². The lowest BCUT2D eigenvalue weighted by atomic mass is 9.63.